The second-order valence-electron chi connectivity index (χ2n) is 1.15. The van der Waals surface area contributed by atoms with Gasteiger partial charge in [-0.15, -0.1) is 0 Å². The lowest BCUT2D eigenvalue weighted by atomic mass is 8.98. The highest BCUT2D eigenvalue weighted by Crippen LogP contribution is 1.56. The summed E-state index contributed by atoms with van der Waals surface area (Å²) in [5, 5.41) is 0. The Morgan fingerprint density at radius 1 is 0.857 bits per heavy atom. The maximum Gasteiger partial charge on any atom is 0.146 e. The van der Waals surface area contributed by atoms with Crippen molar-refractivity contribution < 1.29 is 0 Å². The van der Waals surface area contributed by atoms with Crippen LogP contribution in [0.5, 0.6) is 0 Å². The summed E-state index contributed by atoms with van der Waals surface area (Å²) in [5.41, 5.74) is 15.1. The lowest BCUT2D eigenvalue weighted by Crippen LogP contribution is -2.49. The number of hydrogen-bond acceptors (Lipinski definition) is 3. The second kappa shape index (κ2) is 4.30. The molecule has 7 heavy (non-hydrogen) atoms. The molecule has 0 spiro atoms. The maximum absolute atomic E-state index is 5.05. The number of hydrogen-bond donors (Lipinski definition) is 3. The topological polar surface area (TPSA) is 78.1 Å². The molecule has 0 rings (SSSR count). The van der Waals surface area contributed by atoms with Crippen LogP contribution in [0.1, 0.15) is 0 Å². The predicted octanol–water partition coefficient (Wildman–Crippen LogP) is -3.29. The Bertz CT molecular complexity index is 28.4. The lowest BCUT2D eigenvalue weighted by Gasteiger charge is -1.95. The van der Waals surface area contributed by atoms with Gasteiger partial charge in [0.1, 0.15) is 21.9 Å². The monoisotopic (exact) mass is 92.1 g/mol. The molecule has 0 fully saturated rings. The molecule has 0 unspecified atom stereocenters. The fraction of sp³-hybridized carbons (Fsp3) is 0. The average Bonchev–Trinajstić information content (AvgIpc) is 1.72. The van der Waals surface area contributed by atoms with Crippen molar-refractivity contribution in [1.82, 2.24) is 0 Å². The molecule has 0 saturated carbocycles. The van der Waals surface area contributed by atoms with Crippen LogP contribution in [-0.2, 0) is 0 Å². The normalized spacial score (nSPS) is 7.29. The molecule has 7 heteroatoms. The number of rotatable bonds is 3. The third-order valence-electron chi connectivity index (χ3n) is 0.667. The summed E-state index contributed by atoms with van der Waals surface area (Å²) in [5.74, 6) is 0. The first-order valence-corrected chi connectivity index (χ1v) is 2.00. The molecule has 0 aromatic carbocycles. The summed E-state index contributed by atoms with van der Waals surface area (Å²) in [6, 6.07) is 0. The molecule has 0 amide bonds. The Morgan fingerprint density at radius 3 is 1.14 bits per heavy atom. The van der Waals surface area contributed by atoms with Gasteiger partial charge in [-0.2, -0.15) is 0 Å². The minimum atomic E-state index is -0.0556. The van der Waals surface area contributed by atoms with E-state index in [2.05, 4.69) is 0 Å². The molecule has 0 saturated heterocycles. The van der Waals surface area contributed by atoms with Gasteiger partial charge >= 0.3 is 0 Å². The summed E-state index contributed by atoms with van der Waals surface area (Å²) in [6.07, 6.45) is -0.0556. The Morgan fingerprint density at radius 2 is 1.14 bits per heavy atom. The molecule has 0 heterocycles. The molecule has 6 N–H and O–H groups in total. The van der Waals surface area contributed by atoms with Crippen LogP contribution in [0.15, 0.2) is 0 Å². The molecule has 33 valence electrons. The van der Waals surface area contributed by atoms with Crippen molar-refractivity contribution in [2.45, 2.75) is 0 Å². The van der Waals surface area contributed by atoms with Crippen molar-refractivity contribution in [3.05, 3.63) is 0 Å². The van der Waals surface area contributed by atoms with Crippen LogP contribution in [-0.4, -0.2) is 28.3 Å². The Labute approximate surface area is 46.2 Å². The first-order valence-electron chi connectivity index (χ1n) is 2.00. The van der Waals surface area contributed by atoms with Gasteiger partial charge in [0.05, 0.1) is 6.39 Å². The highest BCUT2D eigenvalue weighted by molar-refractivity contribution is 7.58. The van der Waals surface area contributed by atoms with E-state index in [1.54, 1.807) is 0 Å². The van der Waals surface area contributed by atoms with Crippen molar-refractivity contribution in [3.63, 3.8) is 0 Å². The van der Waals surface area contributed by atoms with E-state index < -0.39 is 0 Å². The summed E-state index contributed by atoms with van der Waals surface area (Å²) >= 11 is 0. The van der Waals surface area contributed by atoms with Crippen LogP contribution < -0.4 is 16.9 Å². The van der Waals surface area contributed by atoms with E-state index in [9.17, 15) is 0 Å². The zero-order valence-corrected chi connectivity index (χ0v) is 4.04. The van der Waals surface area contributed by atoms with Crippen molar-refractivity contribution >= 4 is 28.3 Å². The van der Waals surface area contributed by atoms with Gasteiger partial charge in [-0.1, -0.05) is 0 Å². The van der Waals surface area contributed by atoms with Gasteiger partial charge in [0.15, 0.2) is 0 Å². The van der Waals surface area contributed by atoms with Gasteiger partial charge in [0.2, 0.25) is 0 Å². The molecule has 0 aliphatic heterocycles. The molecule has 3 nitrogen and oxygen atoms in total. The van der Waals surface area contributed by atoms with E-state index in [1.165, 1.54) is 21.9 Å². The first kappa shape index (κ1) is 7.14. The van der Waals surface area contributed by atoms with E-state index in [0.717, 1.165) is 0 Å². The fourth-order valence-electron chi connectivity index (χ4n) is 0.192. The summed E-state index contributed by atoms with van der Waals surface area (Å²) in [4.78, 5) is 0. The zero-order chi connectivity index (χ0) is 5.70. The van der Waals surface area contributed by atoms with Crippen LogP contribution in [0.25, 0.3) is 0 Å². The minimum Gasteiger partial charge on any atom is -0.382 e. The molecular formula is H6B4N3. The predicted molar refractivity (Wildman–Crippen MR) is 35.6 cm³/mol. The van der Waals surface area contributed by atoms with Crippen LogP contribution in [0.4, 0.5) is 0 Å². The van der Waals surface area contributed by atoms with Crippen LogP contribution in [0.3, 0.4) is 0 Å². The van der Waals surface area contributed by atoms with Gasteiger partial charge in [-0.05, 0) is 0 Å². The Hall–Kier alpha value is 0.140. The molecule has 0 aliphatic rings. The van der Waals surface area contributed by atoms with Gasteiger partial charge in [0.25, 0.3) is 0 Å². The third-order valence-corrected chi connectivity index (χ3v) is 0.667. The van der Waals surface area contributed by atoms with E-state index >= 15 is 0 Å². The van der Waals surface area contributed by atoms with Crippen molar-refractivity contribution in [2.75, 3.05) is 0 Å². The van der Waals surface area contributed by atoms with Gasteiger partial charge in [-0.3, -0.25) is 0 Å². The van der Waals surface area contributed by atoms with Gasteiger partial charge in [-0.25, -0.2) is 0 Å². The summed E-state index contributed by atoms with van der Waals surface area (Å²) < 4.78 is 0. The smallest absolute Gasteiger partial charge is 0.146 e. The quantitative estimate of drug-likeness (QED) is 0.319. The maximum atomic E-state index is 5.05. The minimum absolute atomic E-state index is 0.0556. The largest absolute Gasteiger partial charge is 0.382 e. The van der Waals surface area contributed by atoms with E-state index in [4.69, 9.17) is 16.9 Å². The van der Waals surface area contributed by atoms with E-state index in [-0.39, 0.29) is 6.39 Å². The third kappa shape index (κ3) is 2.79. The molecule has 0 aliphatic carbocycles. The van der Waals surface area contributed by atoms with E-state index in [0.29, 0.717) is 0 Å². The highest BCUT2D eigenvalue weighted by Gasteiger charge is 2.07. The number of nitrogens with two attached hydrogens (primary N) is 3. The Balaban J connectivity index is 2.99. The second-order valence-corrected chi connectivity index (χ2v) is 1.15. The first-order chi connectivity index (χ1) is 3.35. The summed E-state index contributed by atoms with van der Waals surface area (Å²) in [7, 11) is 4.25. The molecule has 0 aromatic rings. The molecule has 0 atom stereocenters. The van der Waals surface area contributed by atoms with Crippen LogP contribution in [0.2, 0.25) is 0 Å². The zero-order valence-electron chi connectivity index (χ0n) is 4.04. The van der Waals surface area contributed by atoms with E-state index in [1.807, 2.05) is 0 Å². The van der Waals surface area contributed by atoms with Crippen molar-refractivity contribution in [3.8, 4) is 0 Å². The molecule has 0 aromatic heterocycles. The summed E-state index contributed by atoms with van der Waals surface area (Å²) in [6.45, 7) is 0. The SMILES string of the molecule is N[B]B([B]N)[B]N. The van der Waals surface area contributed by atoms with Crippen LogP contribution in [0, 0.1) is 0 Å². The fourth-order valence-corrected chi connectivity index (χ4v) is 0.192. The van der Waals surface area contributed by atoms with Crippen molar-refractivity contribution in [1.29, 1.82) is 0 Å². The average molecular weight is 91.3 g/mol. The highest BCUT2D eigenvalue weighted by atomic mass is 14.4. The van der Waals surface area contributed by atoms with Crippen molar-refractivity contribution in [2.24, 2.45) is 16.9 Å². The molecule has 0 bridgehead atoms. The molecular weight excluding hydrogens is 85.3 g/mol. The van der Waals surface area contributed by atoms with Gasteiger partial charge in [0, 0.05) is 0 Å². The standard InChI is InChI=1S/B4H6N3/c5-1-4(2-6)3-7/h5-7H2. The van der Waals surface area contributed by atoms with Gasteiger partial charge < -0.3 is 16.9 Å². The Kier molecular flexibility index (Phi) is 4.39. The molecule has 3 radical (unpaired) electrons. The van der Waals surface area contributed by atoms with Crippen LogP contribution >= 0.6 is 0 Å². The lowest BCUT2D eigenvalue weighted by molar-refractivity contribution is 1.93.